The molecule has 2 aromatic rings. The smallest absolute Gasteiger partial charge is 0.248 e. The minimum absolute atomic E-state index is 0.347. The first-order valence-corrected chi connectivity index (χ1v) is 7.53. The molecule has 0 bridgehead atoms. The first-order valence-electron chi connectivity index (χ1n) is 6.72. The molecule has 0 fully saturated rings. The van der Waals surface area contributed by atoms with Crippen molar-refractivity contribution >= 4 is 38.5 Å². The Bertz CT molecular complexity index is 698. The fourth-order valence-corrected chi connectivity index (χ4v) is 2.61. The van der Waals surface area contributed by atoms with Gasteiger partial charge < -0.3 is 21.1 Å². The average Bonchev–Trinajstić information content (AvgIpc) is 2.87. The number of anilines is 1. The van der Waals surface area contributed by atoms with Gasteiger partial charge in [-0.3, -0.25) is 9.59 Å². The van der Waals surface area contributed by atoms with E-state index < -0.39 is 12.1 Å². The highest BCUT2D eigenvalue weighted by Crippen LogP contribution is 2.29. The van der Waals surface area contributed by atoms with Crippen molar-refractivity contribution < 1.29 is 14.3 Å². The van der Waals surface area contributed by atoms with E-state index in [0.717, 1.165) is 16.0 Å². The number of benzene rings is 1. The highest BCUT2D eigenvalue weighted by atomic mass is 32.1. The van der Waals surface area contributed by atoms with Crippen molar-refractivity contribution in [3.8, 4) is 5.75 Å². The first kappa shape index (κ1) is 16.2. The van der Waals surface area contributed by atoms with Crippen LogP contribution in [0.5, 0.6) is 5.75 Å². The van der Waals surface area contributed by atoms with Crippen molar-refractivity contribution in [3.05, 3.63) is 18.2 Å². The van der Waals surface area contributed by atoms with E-state index in [1.165, 1.54) is 11.3 Å². The maximum Gasteiger partial charge on any atom is 0.248 e. The van der Waals surface area contributed by atoms with Crippen LogP contribution < -0.4 is 21.1 Å². The molecule has 0 saturated carbocycles. The van der Waals surface area contributed by atoms with Gasteiger partial charge in [-0.2, -0.15) is 0 Å². The van der Waals surface area contributed by atoms with E-state index in [4.69, 9.17) is 10.5 Å². The second-order valence-corrected chi connectivity index (χ2v) is 5.89. The highest BCUT2D eigenvalue weighted by Gasteiger charge is 2.18. The van der Waals surface area contributed by atoms with Crippen LogP contribution >= 0.6 is 11.3 Å². The molecular formula is C14H18N4O3S. The molecule has 0 unspecified atom stereocenters. The summed E-state index contributed by atoms with van der Waals surface area (Å²) in [5.41, 5.74) is 6.22. The number of nitrogens with two attached hydrogens (primary N) is 1. The monoisotopic (exact) mass is 322 g/mol. The second kappa shape index (κ2) is 6.71. The average molecular weight is 322 g/mol. The van der Waals surface area contributed by atoms with E-state index in [-0.39, 0.29) is 11.8 Å². The van der Waals surface area contributed by atoms with Crippen LogP contribution in [0.3, 0.4) is 0 Å². The van der Waals surface area contributed by atoms with Crippen molar-refractivity contribution in [2.45, 2.75) is 25.9 Å². The summed E-state index contributed by atoms with van der Waals surface area (Å²) >= 11 is 1.34. The van der Waals surface area contributed by atoms with Crippen LogP contribution in [0.1, 0.15) is 13.8 Å². The number of hydrogen-bond donors (Lipinski definition) is 3. The predicted octanol–water partition coefficient (Wildman–Crippen LogP) is 1.10. The Kier molecular flexibility index (Phi) is 4.94. The molecule has 1 aromatic heterocycles. The summed E-state index contributed by atoms with van der Waals surface area (Å²) in [5, 5.41) is 5.68. The lowest BCUT2D eigenvalue weighted by Crippen LogP contribution is -2.47. The summed E-state index contributed by atoms with van der Waals surface area (Å²) < 4.78 is 6.05. The second-order valence-electron chi connectivity index (χ2n) is 4.86. The van der Waals surface area contributed by atoms with E-state index >= 15 is 0 Å². The molecule has 22 heavy (non-hydrogen) atoms. The van der Waals surface area contributed by atoms with Gasteiger partial charge in [-0.15, -0.1) is 0 Å². The molecule has 0 aliphatic rings. The molecule has 7 nitrogen and oxygen atoms in total. The standard InChI is InChI=1S/C14H18N4O3S/c1-7(15)12(19)16-8(2)13(20)18-14-17-10-5-4-9(21-3)6-11(10)22-14/h4-8H,15H2,1-3H3,(H,16,19)(H,17,18,20)/t7-,8+/m1/s1. The third-order valence-corrected chi connectivity index (χ3v) is 3.92. The maximum absolute atomic E-state index is 12.0. The van der Waals surface area contributed by atoms with Gasteiger partial charge in [-0.1, -0.05) is 11.3 Å². The van der Waals surface area contributed by atoms with Crippen molar-refractivity contribution in [2.24, 2.45) is 5.73 Å². The number of nitrogens with one attached hydrogen (secondary N) is 2. The number of ether oxygens (including phenoxy) is 1. The maximum atomic E-state index is 12.0. The Morgan fingerprint density at radius 3 is 2.68 bits per heavy atom. The molecule has 2 amide bonds. The zero-order valence-corrected chi connectivity index (χ0v) is 13.4. The number of carbonyl (C=O) groups is 2. The van der Waals surface area contributed by atoms with Crippen molar-refractivity contribution in [1.82, 2.24) is 10.3 Å². The lowest BCUT2D eigenvalue weighted by Gasteiger charge is -2.14. The Balaban J connectivity index is 2.06. The van der Waals surface area contributed by atoms with Gasteiger partial charge in [0.25, 0.3) is 0 Å². The van der Waals surface area contributed by atoms with Gasteiger partial charge in [0.05, 0.1) is 23.4 Å². The number of fused-ring (bicyclic) bond motifs is 1. The van der Waals surface area contributed by atoms with Crippen molar-refractivity contribution in [3.63, 3.8) is 0 Å². The largest absolute Gasteiger partial charge is 0.497 e. The quantitative estimate of drug-likeness (QED) is 0.764. The Labute approximate surface area is 131 Å². The van der Waals surface area contributed by atoms with Gasteiger partial charge in [0.1, 0.15) is 11.8 Å². The van der Waals surface area contributed by atoms with E-state index in [1.54, 1.807) is 27.0 Å². The van der Waals surface area contributed by atoms with Gasteiger partial charge in [-0.05, 0) is 32.0 Å². The van der Waals surface area contributed by atoms with Crippen molar-refractivity contribution in [2.75, 3.05) is 12.4 Å². The minimum Gasteiger partial charge on any atom is -0.497 e. The molecule has 1 aromatic carbocycles. The number of nitrogens with zero attached hydrogens (tertiary/aromatic N) is 1. The van der Waals surface area contributed by atoms with Crippen LogP contribution in [0.4, 0.5) is 5.13 Å². The molecule has 0 spiro atoms. The lowest BCUT2D eigenvalue weighted by molar-refractivity contribution is -0.126. The molecule has 4 N–H and O–H groups in total. The van der Waals surface area contributed by atoms with E-state index in [0.29, 0.717) is 5.13 Å². The molecule has 0 aliphatic heterocycles. The van der Waals surface area contributed by atoms with E-state index in [1.807, 2.05) is 12.1 Å². The normalized spacial score (nSPS) is 13.5. The number of aromatic nitrogens is 1. The summed E-state index contributed by atoms with van der Waals surface area (Å²) in [4.78, 5) is 27.8. The zero-order chi connectivity index (χ0) is 16.3. The summed E-state index contributed by atoms with van der Waals surface area (Å²) in [6.45, 7) is 3.15. The van der Waals surface area contributed by atoms with Gasteiger partial charge in [0, 0.05) is 0 Å². The topological polar surface area (TPSA) is 106 Å². The van der Waals surface area contributed by atoms with Crippen LogP contribution in [0, 0.1) is 0 Å². The van der Waals surface area contributed by atoms with Gasteiger partial charge in [0.15, 0.2) is 5.13 Å². The molecule has 1 heterocycles. The highest BCUT2D eigenvalue weighted by molar-refractivity contribution is 7.22. The molecular weight excluding hydrogens is 304 g/mol. The van der Waals surface area contributed by atoms with E-state index in [2.05, 4.69) is 15.6 Å². The molecule has 0 radical (unpaired) electrons. The summed E-state index contributed by atoms with van der Waals surface area (Å²) in [6, 6.07) is 4.12. The van der Waals surface area contributed by atoms with Crippen molar-refractivity contribution in [1.29, 1.82) is 0 Å². The minimum atomic E-state index is -0.694. The third-order valence-electron chi connectivity index (χ3n) is 2.99. The van der Waals surface area contributed by atoms with E-state index in [9.17, 15) is 9.59 Å². The zero-order valence-electron chi connectivity index (χ0n) is 12.5. The number of hydrogen-bond acceptors (Lipinski definition) is 6. The fourth-order valence-electron chi connectivity index (χ4n) is 1.71. The van der Waals surface area contributed by atoms with Gasteiger partial charge >= 0.3 is 0 Å². The lowest BCUT2D eigenvalue weighted by atomic mass is 10.2. The molecule has 8 heteroatoms. The Hall–Kier alpha value is -2.19. The number of carbonyl (C=O) groups excluding carboxylic acids is 2. The summed E-state index contributed by atoms with van der Waals surface area (Å²) in [7, 11) is 1.59. The van der Waals surface area contributed by atoms with Gasteiger partial charge in [0.2, 0.25) is 11.8 Å². The summed E-state index contributed by atoms with van der Waals surface area (Å²) in [5.74, 6) is 0.00305. The Morgan fingerprint density at radius 2 is 2.05 bits per heavy atom. The number of methoxy groups -OCH3 is 1. The van der Waals surface area contributed by atoms with Gasteiger partial charge in [-0.25, -0.2) is 4.98 Å². The fraction of sp³-hybridized carbons (Fsp3) is 0.357. The molecule has 0 aliphatic carbocycles. The van der Waals surface area contributed by atoms with Crippen LogP contribution in [0.25, 0.3) is 10.2 Å². The number of thiazole rings is 1. The summed E-state index contributed by atoms with van der Waals surface area (Å²) in [6.07, 6.45) is 0. The predicted molar refractivity (Wildman–Crippen MR) is 86.1 cm³/mol. The molecule has 118 valence electrons. The first-order chi connectivity index (χ1) is 10.4. The number of rotatable bonds is 5. The molecule has 2 rings (SSSR count). The molecule has 2 atom stereocenters. The van der Waals surface area contributed by atoms with Crippen LogP contribution in [-0.2, 0) is 9.59 Å². The molecule has 0 saturated heterocycles. The SMILES string of the molecule is COc1ccc2nc(NC(=O)[C@H](C)NC(=O)[C@@H](C)N)sc2c1. The third kappa shape index (κ3) is 3.71. The van der Waals surface area contributed by atoms with Crippen LogP contribution in [-0.4, -0.2) is 36.0 Å². The Morgan fingerprint density at radius 1 is 1.32 bits per heavy atom. The van der Waals surface area contributed by atoms with Crippen LogP contribution in [0.2, 0.25) is 0 Å². The number of amides is 2. The van der Waals surface area contributed by atoms with Crippen LogP contribution in [0.15, 0.2) is 18.2 Å².